The zero-order chi connectivity index (χ0) is 15.5. The third kappa shape index (κ3) is 8.30. The van der Waals surface area contributed by atoms with E-state index < -0.39 is 0 Å². The molecule has 0 fully saturated rings. The Kier molecular flexibility index (Phi) is 8.43. The van der Waals surface area contributed by atoms with Crippen LogP contribution in [0.4, 0.5) is 4.39 Å². The third-order valence-electron chi connectivity index (χ3n) is 3.14. The first-order chi connectivity index (χ1) is 10.1. The van der Waals surface area contributed by atoms with E-state index >= 15 is 0 Å². The number of hydrogen-bond donors (Lipinski definition) is 2. The van der Waals surface area contributed by atoms with Crippen LogP contribution in [0, 0.1) is 11.7 Å². The molecule has 0 saturated heterocycles. The van der Waals surface area contributed by atoms with Crippen LogP contribution in [0.25, 0.3) is 0 Å². The van der Waals surface area contributed by atoms with Gasteiger partial charge in [-0.25, -0.2) is 4.39 Å². The second kappa shape index (κ2) is 10.2. The van der Waals surface area contributed by atoms with Crippen molar-refractivity contribution in [3.63, 3.8) is 0 Å². The van der Waals surface area contributed by atoms with Crippen LogP contribution in [0.2, 0.25) is 0 Å². The molecule has 4 nitrogen and oxygen atoms in total. The van der Waals surface area contributed by atoms with E-state index in [-0.39, 0.29) is 24.2 Å². The number of carbonyl (C=O) groups is 1. The standard InChI is InChI=1S/C16H24FNO3/c1-13(12-19)4-2-10-18-16(20)5-3-11-21-15-8-6-14(17)7-9-15/h6-9,13,19H,2-5,10-12H2,1H3,(H,18,20). The van der Waals surface area contributed by atoms with Crippen LogP contribution in [0.5, 0.6) is 5.75 Å². The van der Waals surface area contributed by atoms with Gasteiger partial charge in [-0.15, -0.1) is 0 Å². The molecule has 0 aliphatic carbocycles. The van der Waals surface area contributed by atoms with Crippen molar-refractivity contribution in [2.45, 2.75) is 32.6 Å². The molecule has 0 aromatic heterocycles. The second-order valence-corrected chi connectivity index (χ2v) is 5.19. The molecule has 0 aliphatic heterocycles. The molecule has 5 heteroatoms. The van der Waals surface area contributed by atoms with Gasteiger partial charge < -0.3 is 15.2 Å². The maximum absolute atomic E-state index is 12.7. The van der Waals surface area contributed by atoms with Crippen LogP contribution in [-0.4, -0.2) is 30.8 Å². The lowest BCUT2D eigenvalue weighted by Crippen LogP contribution is -2.25. The van der Waals surface area contributed by atoms with Gasteiger partial charge in [0.25, 0.3) is 0 Å². The van der Waals surface area contributed by atoms with Gasteiger partial charge in [0, 0.05) is 19.6 Å². The van der Waals surface area contributed by atoms with E-state index in [9.17, 15) is 9.18 Å². The number of aliphatic hydroxyl groups is 1. The largest absolute Gasteiger partial charge is 0.494 e. The molecule has 118 valence electrons. The fourth-order valence-electron chi connectivity index (χ4n) is 1.81. The van der Waals surface area contributed by atoms with Crippen LogP contribution >= 0.6 is 0 Å². The van der Waals surface area contributed by atoms with Crippen LogP contribution < -0.4 is 10.1 Å². The van der Waals surface area contributed by atoms with Gasteiger partial charge in [-0.3, -0.25) is 4.79 Å². The third-order valence-corrected chi connectivity index (χ3v) is 3.14. The second-order valence-electron chi connectivity index (χ2n) is 5.19. The van der Waals surface area contributed by atoms with Gasteiger partial charge in [0.1, 0.15) is 11.6 Å². The molecule has 2 N–H and O–H groups in total. The molecule has 0 saturated carbocycles. The van der Waals surface area contributed by atoms with Crippen molar-refractivity contribution < 1.29 is 19.0 Å². The Morgan fingerprint density at radius 3 is 2.71 bits per heavy atom. The number of aliphatic hydroxyl groups excluding tert-OH is 1. The van der Waals surface area contributed by atoms with Crippen molar-refractivity contribution in [2.75, 3.05) is 19.8 Å². The minimum atomic E-state index is -0.294. The number of ether oxygens (including phenoxy) is 1. The van der Waals surface area contributed by atoms with E-state index in [4.69, 9.17) is 9.84 Å². The lowest BCUT2D eigenvalue weighted by molar-refractivity contribution is -0.121. The smallest absolute Gasteiger partial charge is 0.220 e. The predicted molar refractivity (Wildman–Crippen MR) is 79.6 cm³/mol. The molecular weight excluding hydrogens is 273 g/mol. The van der Waals surface area contributed by atoms with Crippen molar-refractivity contribution in [2.24, 2.45) is 5.92 Å². The summed E-state index contributed by atoms with van der Waals surface area (Å²) in [6.45, 7) is 3.24. The van der Waals surface area contributed by atoms with E-state index in [1.807, 2.05) is 6.92 Å². The lowest BCUT2D eigenvalue weighted by atomic mass is 10.1. The molecule has 0 bridgehead atoms. The van der Waals surface area contributed by atoms with Crippen LogP contribution in [-0.2, 0) is 4.79 Å². The van der Waals surface area contributed by atoms with E-state index in [0.29, 0.717) is 31.7 Å². The van der Waals surface area contributed by atoms with Crippen molar-refractivity contribution in [1.29, 1.82) is 0 Å². The molecular formula is C16H24FNO3. The number of hydrogen-bond acceptors (Lipinski definition) is 3. The summed E-state index contributed by atoms with van der Waals surface area (Å²) in [5.74, 6) is 0.604. The minimum absolute atomic E-state index is 0.00866. The molecule has 21 heavy (non-hydrogen) atoms. The maximum atomic E-state index is 12.7. The molecule has 0 spiro atoms. The summed E-state index contributed by atoms with van der Waals surface area (Å²) < 4.78 is 18.1. The summed E-state index contributed by atoms with van der Waals surface area (Å²) in [6.07, 6.45) is 2.82. The molecule has 1 amide bonds. The zero-order valence-corrected chi connectivity index (χ0v) is 12.5. The summed E-state index contributed by atoms with van der Waals surface area (Å²) in [5.41, 5.74) is 0. The normalized spacial score (nSPS) is 12.0. The highest BCUT2D eigenvalue weighted by Gasteiger charge is 2.03. The van der Waals surface area contributed by atoms with Crippen molar-refractivity contribution >= 4 is 5.91 Å². The highest BCUT2D eigenvalue weighted by molar-refractivity contribution is 5.75. The number of halogens is 1. The van der Waals surface area contributed by atoms with Crippen LogP contribution in [0.15, 0.2) is 24.3 Å². The number of benzene rings is 1. The van der Waals surface area contributed by atoms with Gasteiger partial charge >= 0.3 is 0 Å². The Balaban J connectivity index is 2.02. The first-order valence-corrected chi connectivity index (χ1v) is 7.37. The van der Waals surface area contributed by atoms with E-state index in [1.165, 1.54) is 12.1 Å². The number of rotatable bonds is 10. The summed E-state index contributed by atoms with van der Waals surface area (Å²) in [7, 11) is 0. The van der Waals surface area contributed by atoms with Gasteiger partial charge in [0.2, 0.25) is 5.91 Å². The van der Waals surface area contributed by atoms with Crippen LogP contribution in [0.3, 0.4) is 0 Å². The van der Waals surface area contributed by atoms with Crippen molar-refractivity contribution in [3.8, 4) is 5.75 Å². The van der Waals surface area contributed by atoms with Gasteiger partial charge in [-0.2, -0.15) is 0 Å². The molecule has 0 heterocycles. The van der Waals surface area contributed by atoms with Gasteiger partial charge in [0.15, 0.2) is 0 Å². The van der Waals surface area contributed by atoms with E-state index in [2.05, 4.69) is 5.32 Å². The molecule has 0 aliphatic rings. The van der Waals surface area contributed by atoms with Gasteiger partial charge in [-0.1, -0.05) is 6.92 Å². The number of nitrogens with one attached hydrogen (secondary N) is 1. The monoisotopic (exact) mass is 297 g/mol. The topological polar surface area (TPSA) is 58.6 Å². The molecule has 1 aromatic rings. The molecule has 1 atom stereocenters. The zero-order valence-electron chi connectivity index (χ0n) is 12.5. The van der Waals surface area contributed by atoms with Crippen molar-refractivity contribution in [3.05, 3.63) is 30.1 Å². The van der Waals surface area contributed by atoms with Crippen molar-refractivity contribution in [1.82, 2.24) is 5.32 Å². The van der Waals surface area contributed by atoms with E-state index in [1.54, 1.807) is 12.1 Å². The average molecular weight is 297 g/mol. The minimum Gasteiger partial charge on any atom is -0.494 e. The molecule has 0 radical (unpaired) electrons. The Bertz CT molecular complexity index is 408. The summed E-state index contributed by atoms with van der Waals surface area (Å²) in [4.78, 5) is 11.5. The lowest BCUT2D eigenvalue weighted by Gasteiger charge is -2.09. The highest BCUT2D eigenvalue weighted by Crippen LogP contribution is 2.11. The number of amides is 1. The number of carbonyl (C=O) groups excluding carboxylic acids is 1. The first kappa shape index (κ1) is 17.4. The summed E-state index contributed by atoms with van der Waals surface area (Å²) in [6, 6.07) is 5.82. The Labute approximate surface area is 125 Å². The summed E-state index contributed by atoms with van der Waals surface area (Å²) >= 11 is 0. The fraction of sp³-hybridized carbons (Fsp3) is 0.562. The quantitative estimate of drug-likeness (QED) is 0.652. The summed E-state index contributed by atoms with van der Waals surface area (Å²) in [5, 5.41) is 11.7. The van der Waals surface area contributed by atoms with E-state index in [0.717, 1.165) is 12.8 Å². The Morgan fingerprint density at radius 1 is 1.33 bits per heavy atom. The molecule has 1 unspecified atom stereocenters. The fourth-order valence-corrected chi connectivity index (χ4v) is 1.81. The maximum Gasteiger partial charge on any atom is 0.220 e. The molecule has 1 aromatic carbocycles. The SMILES string of the molecule is CC(CO)CCCNC(=O)CCCOc1ccc(F)cc1. The Hall–Kier alpha value is -1.62. The van der Waals surface area contributed by atoms with Gasteiger partial charge in [0.05, 0.1) is 6.61 Å². The van der Waals surface area contributed by atoms with Gasteiger partial charge in [-0.05, 0) is 49.4 Å². The predicted octanol–water partition coefficient (Wildman–Crippen LogP) is 2.51. The van der Waals surface area contributed by atoms with Crippen LogP contribution in [0.1, 0.15) is 32.6 Å². The highest BCUT2D eigenvalue weighted by atomic mass is 19.1. The molecule has 1 rings (SSSR count). The average Bonchev–Trinajstić information content (AvgIpc) is 2.49. The Morgan fingerprint density at radius 2 is 2.05 bits per heavy atom. The first-order valence-electron chi connectivity index (χ1n) is 7.37.